The van der Waals surface area contributed by atoms with E-state index in [0.717, 1.165) is 12.0 Å². The fourth-order valence-electron chi connectivity index (χ4n) is 4.15. The average Bonchev–Trinajstić information content (AvgIpc) is 3.36. The van der Waals surface area contributed by atoms with E-state index in [-0.39, 0.29) is 43.4 Å². The minimum absolute atomic E-state index is 0.0905. The molecule has 4 rings (SSSR count). The molecule has 1 aromatic heterocycles. The number of hydrogen-bond acceptors (Lipinski definition) is 5. The van der Waals surface area contributed by atoms with Gasteiger partial charge in [0.2, 0.25) is 5.91 Å². The molecule has 182 valence electrons. The number of ether oxygens (including phenoxy) is 2. The van der Waals surface area contributed by atoms with E-state index in [1.807, 2.05) is 11.4 Å². The van der Waals surface area contributed by atoms with Crippen LogP contribution in [-0.2, 0) is 11.2 Å². The van der Waals surface area contributed by atoms with Crippen molar-refractivity contribution in [2.24, 2.45) is 0 Å². The van der Waals surface area contributed by atoms with E-state index in [2.05, 4.69) is 6.58 Å². The molecule has 0 spiro atoms. The van der Waals surface area contributed by atoms with Crippen molar-refractivity contribution in [1.29, 1.82) is 0 Å². The Kier molecular flexibility index (Phi) is 7.82. The van der Waals surface area contributed by atoms with Crippen molar-refractivity contribution in [3.8, 4) is 11.5 Å². The van der Waals surface area contributed by atoms with E-state index in [9.17, 15) is 14.0 Å². The number of benzene rings is 2. The van der Waals surface area contributed by atoms with Crippen molar-refractivity contribution in [2.75, 3.05) is 33.4 Å². The lowest BCUT2D eigenvalue weighted by molar-refractivity contribution is -0.135. The van der Waals surface area contributed by atoms with Crippen LogP contribution in [-0.4, -0.2) is 55.0 Å². The van der Waals surface area contributed by atoms with Crippen molar-refractivity contribution in [3.05, 3.63) is 94.5 Å². The summed E-state index contributed by atoms with van der Waals surface area (Å²) < 4.78 is 24.7. The zero-order valence-corrected chi connectivity index (χ0v) is 20.3. The second-order valence-electron chi connectivity index (χ2n) is 8.12. The predicted molar refractivity (Wildman–Crippen MR) is 133 cm³/mol. The second-order valence-corrected chi connectivity index (χ2v) is 9.12. The Morgan fingerprint density at radius 3 is 2.71 bits per heavy atom. The molecule has 2 amide bonds. The third kappa shape index (κ3) is 5.71. The molecule has 2 aromatic carbocycles. The summed E-state index contributed by atoms with van der Waals surface area (Å²) in [6.07, 6.45) is 2.34. The minimum atomic E-state index is -0.382. The summed E-state index contributed by atoms with van der Waals surface area (Å²) >= 11 is 1.65. The number of nitrogens with zero attached hydrogens (tertiary/aromatic N) is 2. The van der Waals surface area contributed by atoms with E-state index in [1.165, 1.54) is 21.9 Å². The van der Waals surface area contributed by atoms with Crippen molar-refractivity contribution in [3.63, 3.8) is 0 Å². The van der Waals surface area contributed by atoms with Gasteiger partial charge in [0.15, 0.2) is 0 Å². The molecule has 8 heteroatoms. The van der Waals surface area contributed by atoms with E-state index in [0.29, 0.717) is 23.6 Å². The van der Waals surface area contributed by atoms with Gasteiger partial charge in [0.25, 0.3) is 5.91 Å². The van der Waals surface area contributed by atoms with Crippen LogP contribution in [0.3, 0.4) is 0 Å². The molecule has 0 fully saturated rings. The number of hydrogen-bond donors (Lipinski definition) is 0. The molecular formula is C27H27FN2O4S. The molecule has 1 aliphatic rings. The average molecular weight is 495 g/mol. The fourth-order valence-corrected chi connectivity index (χ4v) is 5.08. The van der Waals surface area contributed by atoms with E-state index < -0.39 is 0 Å². The van der Waals surface area contributed by atoms with Gasteiger partial charge in [0, 0.05) is 29.6 Å². The maximum Gasteiger partial charge on any atom is 0.254 e. The molecule has 0 saturated carbocycles. The number of carbonyl (C=O) groups is 2. The summed E-state index contributed by atoms with van der Waals surface area (Å²) in [6.45, 7) is 4.59. The molecule has 0 bridgehead atoms. The molecule has 2 heterocycles. The van der Waals surface area contributed by atoms with E-state index in [4.69, 9.17) is 9.47 Å². The lowest BCUT2D eigenvalue weighted by atomic mass is 10.0. The number of rotatable bonds is 9. The van der Waals surface area contributed by atoms with Gasteiger partial charge in [-0.2, -0.15) is 0 Å². The van der Waals surface area contributed by atoms with Gasteiger partial charge in [-0.1, -0.05) is 12.1 Å². The van der Waals surface area contributed by atoms with Crippen LogP contribution >= 0.6 is 11.3 Å². The van der Waals surface area contributed by atoms with Crippen LogP contribution in [0.15, 0.2) is 72.6 Å². The van der Waals surface area contributed by atoms with Crippen LogP contribution < -0.4 is 9.47 Å². The van der Waals surface area contributed by atoms with Crippen molar-refractivity contribution < 1.29 is 23.5 Å². The van der Waals surface area contributed by atoms with Gasteiger partial charge in [0.05, 0.1) is 13.2 Å². The van der Waals surface area contributed by atoms with Crippen LogP contribution in [0.5, 0.6) is 11.5 Å². The summed E-state index contributed by atoms with van der Waals surface area (Å²) in [7, 11) is 1.56. The highest BCUT2D eigenvalue weighted by Crippen LogP contribution is 2.34. The molecule has 0 N–H and O–H groups in total. The Morgan fingerprint density at radius 1 is 1.20 bits per heavy atom. The van der Waals surface area contributed by atoms with Crippen LogP contribution in [0.1, 0.15) is 26.8 Å². The Morgan fingerprint density at radius 2 is 2.00 bits per heavy atom. The molecule has 1 aliphatic heterocycles. The zero-order valence-electron chi connectivity index (χ0n) is 19.5. The van der Waals surface area contributed by atoms with Gasteiger partial charge >= 0.3 is 0 Å². The lowest BCUT2D eigenvalue weighted by Crippen LogP contribution is -2.47. The van der Waals surface area contributed by atoms with Crippen LogP contribution in [0.4, 0.5) is 4.39 Å². The largest absolute Gasteiger partial charge is 0.497 e. The van der Waals surface area contributed by atoms with Gasteiger partial charge in [-0.25, -0.2) is 4.39 Å². The highest BCUT2D eigenvalue weighted by Gasteiger charge is 2.33. The molecule has 0 radical (unpaired) electrons. The third-order valence-corrected chi connectivity index (χ3v) is 6.92. The molecule has 3 aromatic rings. The molecule has 35 heavy (non-hydrogen) atoms. The predicted octanol–water partition coefficient (Wildman–Crippen LogP) is 4.73. The Hall–Kier alpha value is -3.65. The first-order chi connectivity index (χ1) is 17.0. The number of halogens is 1. The second kappa shape index (κ2) is 11.2. The maximum atomic E-state index is 13.6. The first kappa shape index (κ1) is 24.5. The smallest absolute Gasteiger partial charge is 0.254 e. The van der Waals surface area contributed by atoms with Crippen LogP contribution in [0.25, 0.3) is 0 Å². The fraction of sp³-hybridized carbons (Fsp3) is 0.259. The van der Waals surface area contributed by atoms with E-state index in [1.54, 1.807) is 65.8 Å². The zero-order chi connectivity index (χ0) is 24.8. The number of amides is 2. The first-order valence-corrected chi connectivity index (χ1v) is 12.2. The van der Waals surface area contributed by atoms with Crippen molar-refractivity contribution >= 4 is 23.2 Å². The standard InChI is InChI=1S/C27H27FN2O4S/c1-3-13-29(27(32)19-7-9-21(33-2)10-8-19)17-26(31)30-14-11-25-23(12-15-35-25)24(30)18-34-22-6-4-5-20(28)16-22/h3-10,12,15-16,24H,1,11,13-14,17-18H2,2H3. The van der Waals surface area contributed by atoms with Gasteiger partial charge in [-0.3, -0.25) is 9.59 Å². The van der Waals surface area contributed by atoms with Gasteiger partial charge < -0.3 is 19.3 Å². The number of fused-ring (bicyclic) bond motifs is 1. The topological polar surface area (TPSA) is 59.1 Å². The van der Waals surface area contributed by atoms with Crippen molar-refractivity contribution in [1.82, 2.24) is 9.80 Å². The van der Waals surface area contributed by atoms with Gasteiger partial charge in [-0.05, 0) is 59.8 Å². The molecule has 0 saturated heterocycles. The summed E-state index contributed by atoms with van der Waals surface area (Å²) in [5.41, 5.74) is 1.49. The minimum Gasteiger partial charge on any atom is -0.497 e. The molecule has 1 unspecified atom stereocenters. The van der Waals surface area contributed by atoms with Crippen molar-refractivity contribution in [2.45, 2.75) is 12.5 Å². The maximum absolute atomic E-state index is 13.6. The normalized spacial score (nSPS) is 14.7. The quantitative estimate of drug-likeness (QED) is 0.404. The molecule has 6 nitrogen and oxygen atoms in total. The summed E-state index contributed by atoms with van der Waals surface area (Å²) in [5.74, 6) is 0.226. The third-order valence-electron chi connectivity index (χ3n) is 5.92. The Balaban J connectivity index is 1.51. The Bertz CT molecular complexity index is 1190. The lowest BCUT2D eigenvalue weighted by Gasteiger charge is -2.37. The number of thiophene rings is 1. The number of carbonyl (C=O) groups excluding carboxylic acids is 2. The Labute approximate surface area is 208 Å². The van der Waals surface area contributed by atoms with Crippen LogP contribution in [0.2, 0.25) is 0 Å². The summed E-state index contributed by atoms with van der Waals surface area (Å²) in [5, 5.41) is 2.01. The van der Waals surface area contributed by atoms with Crippen LogP contribution in [0, 0.1) is 5.82 Å². The monoisotopic (exact) mass is 494 g/mol. The highest BCUT2D eigenvalue weighted by molar-refractivity contribution is 7.10. The summed E-state index contributed by atoms with van der Waals surface area (Å²) in [6, 6.07) is 14.4. The van der Waals surface area contributed by atoms with Gasteiger partial charge in [-0.15, -0.1) is 17.9 Å². The highest BCUT2D eigenvalue weighted by atomic mass is 32.1. The number of methoxy groups -OCH3 is 1. The van der Waals surface area contributed by atoms with Gasteiger partial charge in [0.1, 0.15) is 30.5 Å². The SMILES string of the molecule is C=CCN(CC(=O)N1CCc2sccc2C1COc1cccc(F)c1)C(=O)c1ccc(OC)cc1. The first-order valence-electron chi connectivity index (χ1n) is 11.3. The molecule has 0 aliphatic carbocycles. The summed E-state index contributed by atoms with van der Waals surface area (Å²) in [4.78, 5) is 31.1. The van der Waals surface area contributed by atoms with E-state index >= 15 is 0 Å². The molecule has 1 atom stereocenters. The molecular weight excluding hydrogens is 467 g/mol.